The van der Waals surface area contributed by atoms with Gasteiger partial charge in [0.2, 0.25) is 0 Å². The molecule has 0 saturated carbocycles. The second-order valence-electron chi connectivity index (χ2n) is 6.52. The van der Waals surface area contributed by atoms with E-state index in [0.29, 0.717) is 20.8 Å². The summed E-state index contributed by atoms with van der Waals surface area (Å²) in [7, 11) is 0. The van der Waals surface area contributed by atoms with Gasteiger partial charge in [-0.05, 0) is 25.1 Å². The Morgan fingerprint density at radius 1 is 1.17 bits per heavy atom. The summed E-state index contributed by atoms with van der Waals surface area (Å²) in [5.74, 6) is -0.891. The van der Waals surface area contributed by atoms with Crippen LogP contribution < -0.4 is 10.9 Å². The molecule has 1 unspecified atom stereocenters. The monoisotopic (exact) mass is 441 g/mol. The van der Waals surface area contributed by atoms with Crippen LogP contribution in [0.25, 0.3) is 21.0 Å². The molecule has 4 rings (SSSR count). The molecule has 0 radical (unpaired) electrons. The van der Waals surface area contributed by atoms with E-state index in [0.717, 1.165) is 10.1 Å². The third-order valence-electron chi connectivity index (χ3n) is 4.46. The smallest absolute Gasteiger partial charge is 0.326 e. The summed E-state index contributed by atoms with van der Waals surface area (Å²) in [4.78, 5) is 44.1. The summed E-state index contributed by atoms with van der Waals surface area (Å²) in [5, 5.41) is 4.11. The number of hydrogen-bond acceptors (Lipinski definition) is 6. The molecule has 0 spiro atoms. The second-order valence-corrected chi connectivity index (χ2v) is 7.95. The zero-order valence-electron chi connectivity index (χ0n) is 15.8. The number of carbonyl (C=O) groups is 2. The molecule has 0 aliphatic rings. The molecular formula is C21H16ClN3O4S. The maximum Gasteiger partial charge on any atom is 0.326 e. The van der Waals surface area contributed by atoms with Gasteiger partial charge in [-0.15, -0.1) is 11.3 Å². The van der Waals surface area contributed by atoms with Gasteiger partial charge in [0.05, 0.1) is 15.9 Å². The summed E-state index contributed by atoms with van der Waals surface area (Å²) < 4.78 is 6.18. The van der Waals surface area contributed by atoms with Crippen LogP contribution in [-0.4, -0.2) is 28.4 Å². The number of benzene rings is 2. The minimum Gasteiger partial charge on any atom is -0.453 e. The van der Waals surface area contributed by atoms with Crippen molar-refractivity contribution in [1.82, 2.24) is 15.3 Å². The van der Waals surface area contributed by atoms with Crippen LogP contribution in [0.5, 0.6) is 0 Å². The number of para-hydroxylation sites is 1. The van der Waals surface area contributed by atoms with Crippen LogP contribution in [0.4, 0.5) is 0 Å². The van der Waals surface area contributed by atoms with Gasteiger partial charge in [0.15, 0.2) is 11.9 Å². The maximum atomic E-state index is 12.4. The first-order valence-corrected chi connectivity index (χ1v) is 10.3. The Balaban J connectivity index is 1.41. The Bertz CT molecular complexity index is 1330. The van der Waals surface area contributed by atoms with Gasteiger partial charge in [0.25, 0.3) is 11.5 Å². The van der Waals surface area contributed by atoms with E-state index >= 15 is 0 Å². The summed E-state index contributed by atoms with van der Waals surface area (Å²) in [6.45, 7) is 1.25. The lowest BCUT2D eigenvalue weighted by atomic mass is 10.2. The molecule has 1 atom stereocenters. The number of rotatable bonds is 5. The van der Waals surface area contributed by atoms with Crippen LogP contribution in [0.2, 0.25) is 5.02 Å². The summed E-state index contributed by atoms with van der Waals surface area (Å²) in [6, 6.07) is 14.3. The normalized spacial score (nSPS) is 12.1. The first-order valence-electron chi connectivity index (χ1n) is 9.07. The fourth-order valence-electron chi connectivity index (χ4n) is 2.98. The lowest BCUT2D eigenvalue weighted by Gasteiger charge is -2.13. The van der Waals surface area contributed by atoms with Gasteiger partial charge in [-0.1, -0.05) is 41.9 Å². The van der Waals surface area contributed by atoms with E-state index in [1.807, 2.05) is 24.3 Å². The van der Waals surface area contributed by atoms with E-state index < -0.39 is 18.0 Å². The molecule has 0 fully saturated rings. The van der Waals surface area contributed by atoms with Gasteiger partial charge in [-0.2, -0.15) is 0 Å². The van der Waals surface area contributed by atoms with E-state index in [4.69, 9.17) is 16.3 Å². The molecule has 152 valence electrons. The van der Waals surface area contributed by atoms with Crippen LogP contribution in [0.15, 0.2) is 53.3 Å². The third kappa shape index (κ3) is 3.92. The van der Waals surface area contributed by atoms with E-state index in [-0.39, 0.29) is 17.9 Å². The van der Waals surface area contributed by atoms with Crippen molar-refractivity contribution in [2.45, 2.75) is 13.0 Å². The minimum atomic E-state index is -0.792. The third-order valence-corrected chi connectivity index (χ3v) is 6.13. The molecule has 2 N–H and O–H groups in total. The van der Waals surface area contributed by atoms with Crippen molar-refractivity contribution in [3.05, 3.63) is 74.6 Å². The Morgan fingerprint density at radius 2 is 1.87 bits per heavy atom. The largest absolute Gasteiger partial charge is 0.453 e. The quantitative estimate of drug-likeness (QED) is 0.458. The zero-order chi connectivity index (χ0) is 21.3. The molecule has 30 heavy (non-hydrogen) atoms. The van der Waals surface area contributed by atoms with Crippen molar-refractivity contribution in [3.8, 4) is 0 Å². The van der Waals surface area contributed by atoms with Crippen LogP contribution in [0, 0.1) is 0 Å². The van der Waals surface area contributed by atoms with Crippen molar-refractivity contribution in [2.24, 2.45) is 0 Å². The van der Waals surface area contributed by atoms with Gasteiger partial charge in [-0.3, -0.25) is 14.4 Å². The Kier molecular flexibility index (Phi) is 5.52. The lowest BCUT2D eigenvalue weighted by molar-refractivity contribution is -0.147. The van der Waals surface area contributed by atoms with Crippen LogP contribution >= 0.6 is 22.9 Å². The van der Waals surface area contributed by atoms with E-state index in [1.54, 1.807) is 31.2 Å². The number of H-pyrrole nitrogens is 1. The number of ether oxygens (including phenoxy) is 1. The molecular weight excluding hydrogens is 426 g/mol. The zero-order valence-corrected chi connectivity index (χ0v) is 17.3. The fourth-order valence-corrected chi connectivity index (χ4v) is 4.42. The highest BCUT2D eigenvalue weighted by atomic mass is 35.5. The molecule has 0 bridgehead atoms. The molecule has 0 aliphatic heterocycles. The summed E-state index contributed by atoms with van der Waals surface area (Å²) in [6.07, 6.45) is -0.792. The number of fused-ring (bicyclic) bond motifs is 2. The number of nitrogens with one attached hydrogen (secondary N) is 2. The van der Waals surface area contributed by atoms with Crippen molar-refractivity contribution >= 4 is 55.8 Å². The first kappa shape index (κ1) is 20.1. The average molecular weight is 442 g/mol. The minimum absolute atomic E-state index is 0.228. The van der Waals surface area contributed by atoms with Crippen LogP contribution in [0.3, 0.4) is 0 Å². The lowest BCUT2D eigenvalue weighted by Crippen LogP contribution is -2.31. The van der Waals surface area contributed by atoms with E-state index in [1.165, 1.54) is 11.3 Å². The number of halogens is 1. The van der Waals surface area contributed by atoms with Gasteiger partial charge in [0, 0.05) is 10.1 Å². The van der Waals surface area contributed by atoms with Gasteiger partial charge < -0.3 is 15.0 Å². The first-order chi connectivity index (χ1) is 14.4. The summed E-state index contributed by atoms with van der Waals surface area (Å²) >= 11 is 7.54. The van der Waals surface area contributed by atoms with Crippen molar-refractivity contribution in [3.63, 3.8) is 0 Å². The SMILES string of the molecule is CC(OC(=O)CNC(=O)c1sc2ccccc2c1Cl)c1nc2ccccc2c(=O)[nH]1. The highest BCUT2D eigenvalue weighted by molar-refractivity contribution is 7.21. The molecule has 4 aromatic rings. The molecule has 1 amide bonds. The van der Waals surface area contributed by atoms with Crippen molar-refractivity contribution < 1.29 is 14.3 Å². The number of hydrogen-bond donors (Lipinski definition) is 2. The molecule has 0 aliphatic carbocycles. The molecule has 7 nitrogen and oxygen atoms in total. The molecule has 2 aromatic carbocycles. The van der Waals surface area contributed by atoms with Crippen molar-refractivity contribution in [2.75, 3.05) is 6.54 Å². The van der Waals surface area contributed by atoms with Crippen LogP contribution in [0.1, 0.15) is 28.5 Å². The Labute approximate surface area is 179 Å². The topological polar surface area (TPSA) is 101 Å². The molecule has 9 heteroatoms. The average Bonchev–Trinajstić information content (AvgIpc) is 3.09. The molecule has 2 heterocycles. The second kappa shape index (κ2) is 8.25. The number of amides is 1. The van der Waals surface area contributed by atoms with Crippen LogP contribution in [-0.2, 0) is 9.53 Å². The highest BCUT2D eigenvalue weighted by Gasteiger charge is 2.19. The fraction of sp³-hybridized carbons (Fsp3) is 0.143. The number of aromatic nitrogens is 2. The van der Waals surface area contributed by atoms with Gasteiger partial charge in [0.1, 0.15) is 11.4 Å². The Hall–Kier alpha value is -3.23. The van der Waals surface area contributed by atoms with E-state index in [2.05, 4.69) is 15.3 Å². The predicted molar refractivity (Wildman–Crippen MR) is 116 cm³/mol. The molecule has 2 aromatic heterocycles. The number of carbonyl (C=O) groups excluding carboxylic acids is 2. The highest BCUT2D eigenvalue weighted by Crippen LogP contribution is 2.34. The van der Waals surface area contributed by atoms with E-state index in [9.17, 15) is 14.4 Å². The van der Waals surface area contributed by atoms with Gasteiger partial charge in [-0.25, -0.2) is 4.98 Å². The number of nitrogens with zero attached hydrogens (tertiary/aromatic N) is 1. The maximum absolute atomic E-state index is 12.4. The predicted octanol–water partition coefficient (Wildman–Crippen LogP) is 3.83. The number of thiophene rings is 1. The molecule has 0 saturated heterocycles. The number of esters is 1. The van der Waals surface area contributed by atoms with Crippen molar-refractivity contribution in [1.29, 1.82) is 0 Å². The summed E-state index contributed by atoms with van der Waals surface area (Å²) in [5.41, 5.74) is 0.193. The van der Waals surface area contributed by atoms with Gasteiger partial charge >= 0.3 is 5.97 Å². The number of aromatic amines is 1. The standard InChI is InChI=1S/C21H16ClN3O4S/c1-11(19-24-14-8-4-2-6-12(14)20(27)25-19)29-16(26)10-23-21(28)18-17(22)13-7-3-5-9-15(13)30-18/h2-9,11H,10H2,1H3,(H,23,28)(H,24,25,27). The Morgan fingerprint density at radius 3 is 2.63 bits per heavy atom.